The molecule has 0 radical (unpaired) electrons. The van der Waals surface area contributed by atoms with Gasteiger partial charge >= 0.3 is 0 Å². The first-order chi connectivity index (χ1) is 10.6. The number of fused-ring (bicyclic) bond motifs is 1. The van der Waals surface area contributed by atoms with Crippen LogP contribution in [-0.2, 0) is 0 Å². The van der Waals surface area contributed by atoms with Crippen LogP contribution in [-0.4, -0.2) is 52.6 Å². The van der Waals surface area contributed by atoms with Crippen LogP contribution in [0.25, 0.3) is 11.0 Å². The first-order valence-corrected chi connectivity index (χ1v) is 7.91. The fourth-order valence-corrected chi connectivity index (χ4v) is 3.07. The zero-order valence-electron chi connectivity index (χ0n) is 13.8. The maximum Gasteiger partial charge on any atom is 0.226 e. The van der Waals surface area contributed by atoms with Crippen molar-refractivity contribution in [1.82, 2.24) is 19.9 Å². The van der Waals surface area contributed by atoms with Gasteiger partial charge < -0.3 is 15.5 Å². The first kappa shape index (κ1) is 15.0. The third-order valence-electron chi connectivity index (χ3n) is 4.06. The molecule has 2 aromatic heterocycles. The van der Waals surface area contributed by atoms with Crippen molar-refractivity contribution in [2.24, 2.45) is 0 Å². The van der Waals surface area contributed by atoms with Crippen molar-refractivity contribution >= 4 is 22.8 Å². The summed E-state index contributed by atoms with van der Waals surface area (Å²) in [4.78, 5) is 16.2. The van der Waals surface area contributed by atoms with E-state index in [0.29, 0.717) is 12.0 Å². The quantitative estimate of drug-likeness (QED) is 0.902. The van der Waals surface area contributed by atoms with Gasteiger partial charge in [0.15, 0.2) is 5.65 Å². The summed E-state index contributed by atoms with van der Waals surface area (Å²) < 4.78 is 0. The summed E-state index contributed by atoms with van der Waals surface area (Å²) in [6.07, 6.45) is 1.12. The van der Waals surface area contributed by atoms with E-state index in [-0.39, 0.29) is 0 Å². The molecule has 1 atom stereocenters. The molecule has 3 heterocycles. The zero-order chi connectivity index (χ0) is 15.7. The standard InChI is InChI=1S/C16H24N6/c1-5-17-14-13-10(2)8-11(3)18-15(13)21-16(20-14)19-12-6-7-22(4)9-12/h8,12H,5-7,9H2,1-4H3,(H2,17,18,19,20,21). The lowest BCUT2D eigenvalue weighted by molar-refractivity contribution is 0.414. The highest BCUT2D eigenvalue weighted by atomic mass is 15.2. The molecule has 2 N–H and O–H groups in total. The fourth-order valence-electron chi connectivity index (χ4n) is 3.07. The lowest BCUT2D eigenvalue weighted by atomic mass is 10.1. The second-order valence-corrected chi connectivity index (χ2v) is 6.10. The lowest BCUT2D eigenvalue weighted by Crippen LogP contribution is -2.24. The Bertz CT molecular complexity index is 684. The van der Waals surface area contributed by atoms with Gasteiger partial charge in [-0.1, -0.05) is 0 Å². The van der Waals surface area contributed by atoms with Crippen LogP contribution in [0.1, 0.15) is 24.6 Å². The Kier molecular flexibility index (Phi) is 4.11. The van der Waals surface area contributed by atoms with E-state index in [0.717, 1.165) is 54.2 Å². The van der Waals surface area contributed by atoms with Crippen LogP contribution in [0.15, 0.2) is 6.07 Å². The molecular formula is C16H24N6. The van der Waals surface area contributed by atoms with E-state index in [1.54, 1.807) is 0 Å². The van der Waals surface area contributed by atoms with Crippen LogP contribution in [0.5, 0.6) is 0 Å². The molecule has 1 saturated heterocycles. The van der Waals surface area contributed by atoms with Crippen LogP contribution in [0.4, 0.5) is 11.8 Å². The van der Waals surface area contributed by atoms with E-state index in [4.69, 9.17) is 0 Å². The summed E-state index contributed by atoms with van der Waals surface area (Å²) in [5, 5.41) is 7.82. The summed E-state index contributed by atoms with van der Waals surface area (Å²) >= 11 is 0. The molecule has 22 heavy (non-hydrogen) atoms. The van der Waals surface area contributed by atoms with Gasteiger partial charge in [-0.3, -0.25) is 0 Å². The largest absolute Gasteiger partial charge is 0.370 e. The van der Waals surface area contributed by atoms with E-state index in [1.165, 1.54) is 0 Å². The maximum absolute atomic E-state index is 4.68. The van der Waals surface area contributed by atoms with Gasteiger partial charge in [-0.05, 0) is 52.4 Å². The van der Waals surface area contributed by atoms with Gasteiger partial charge in [-0.15, -0.1) is 0 Å². The zero-order valence-corrected chi connectivity index (χ0v) is 13.8. The molecule has 0 amide bonds. The third kappa shape index (κ3) is 2.97. The van der Waals surface area contributed by atoms with Crippen molar-refractivity contribution in [2.75, 3.05) is 37.3 Å². The van der Waals surface area contributed by atoms with Crippen LogP contribution in [0.2, 0.25) is 0 Å². The SMILES string of the molecule is CCNc1nc(NC2CCN(C)C2)nc2nc(C)cc(C)c12. The minimum Gasteiger partial charge on any atom is -0.370 e. The van der Waals surface area contributed by atoms with Gasteiger partial charge in [-0.2, -0.15) is 9.97 Å². The average Bonchev–Trinajstić information content (AvgIpc) is 2.83. The number of hydrogen-bond acceptors (Lipinski definition) is 6. The number of likely N-dealkylation sites (tertiary alicyclic amines) is 1. The van der Waals surface area contributed by atoms with E-state index >= 15 is 0 Å². The van der Waals surface area contributed by atoms with Gasteiger partial charge in [0.05, 0.1) is 5.39 Å². The maximum atomic E-state index is 4.68. The third-order valence-corrected chi connectivity index (χ3v) is 4.06. The lowest BCUT2D eigenvalue weighted by Gasteiger charge is -2.15. The molecule has 1 unspecified atom stereocenters. The number of aryl methyl sites for hydroxylation is 2. The van der Waals surface area contributed by atoms with Gasteiger partial charge in [-0.25, -0.2) is 4.98 Å². The molecule has 0 saturated carbocycles. The second-order valence-electron chi connectivity index (χ2n) is 6.10. The first-order valence-electron chi connectivity index (χ1n) is 7.91. The van der Waals surface area contributed by atoms with E-state index in [2.05, 4.69) is 57.4 Å². The van der Waals surface area contributed by atoms with Crippen molar-refractivity contribution in [2.45, 2.75) is 33.2 Å². The highest BCUT2D eigenvalue weighted by Gasteiger charge is 2.21. The highest BCUT2D eigenvalue weighted by Crippen LogP contribution is 2.25. The number of aromatic nitrogens is 3. The van der Waals surface area contributed by atoms with E-state index in [9.17, 15) is 0 Å². The molecule has 1 aliphatic rings. The molecule has 2 aromatic rings. The molecular weight excluding hydrogens is 276 g/mol. The summed E-state index contributed by atoms with van der Waals surface area (Å²) in [6, 6.07) is 2.48. The molecule has 0 aromatic carbocycles. The van der Waals surface area contributed by atoms with E-state index < -0.39 is 0 Å². The Balaban J connectivity index is 2.00. The van der Waals surface area contributed by atoms with Gasteiger partial charge in [0.25, 0.3) is 0 Å². The smallest absolute Gasteiger partial charge is 0.226 e. The molecule has 0 spiro atoms. The number of likely N-dealkylation sites (N-methyl/N-ethyl adjacent to an activating group) is 1. The van der Waals surface area contributed by atoms with Crippen LogP contribution in [0.3, 0.4) is 0 Å². The number of pyridine rings is 1. The molecule has 0 bridgehead atoms. The minimum absolute atomic E-state index is 0.405. The molecule has 6 heteroatoms. The molecule has 118 valence electrons. The Labute approximate surface area is 131 Å². The van der Waals surface area contributed by atoms with Crippen molar-refractivity contribution in [3.05, 3.63) is 17.3 Å². The summed E-state index contributed by atoms with van der Waals surface area (Å²) in [5.74, 6) is 1.53. The van der Waals surface area contributed by atoms with Crippen LogP contribution < -0.4 is 10.6 Å². The summed E-state index contributed by atoms with van der Waals surface area (Å²) in [6.45, 7) is 9.12. The normalized spacial score (nSPS) is 18.8. The molecule has 3 rings (SSSR count). The predicted molar refractivity (Wildman–Crippen MR) is 90.5 cm³/mol. The van der Waals surface area contributed by atoms with Crippen molar-refractivity contribution < 1.29 is 0 Å². The van der Waals surface area contributed by atoms with Gasteiger partial charge in [0.1, 0.15) is 5.82 Å². The summed E-state index contributed by atoms with van der Waals surface area (Å²) in [5.41, 5.74) is 2.90. The average molecular weight is 300 g/mol. The number of rotatable bonds is 4. The number of anilines is 2. The predicted octanol–water partition coefficient (Wildman–Crippen LogP) is 2.19. The Morgan fingerprint density at radius 2 is 2.09 bits per heavy atom. The number of nitrogens with zero attached hydrogens (tertiary/aromatic N) is 4. The van der Waals surface area contributed by atoms with Crippen LogP contribution in [0, 0.1) is 13.8 Å². The van der Waals surface area contributed by atoms with Crippen LogP contribution >= 0.6 is 0 Å². The highest BCUT2D eigenvalue weighted by molar-refractivity contribution is 5.90. The second kappa shape index (κ2) is 6.04. The number of nitrogens with one attached hydrogen (secondary N) is 2. The minimum atomic E-state index is 0.405. The Morgan fingerprint density at radius 3 is 2.77 bits per heavy atom. The van der Waals surface area contributed by atoms with E-state index in [1.807, 2.05) is 6.92 Å². The monoisotopic (exact) mass is 300 g/mol. The van der Waals surface area contributed by atoms with Crippen molar-refractivity contribution in [1.29, 1.82) is 0 Å². The Morgan fingerprint density at radius 1 is 1.27 bits per heavy atom. The fraction of sp³-hybridized carbons (Fsp3) is 0.562. The molecule has 1 fully saturated rings. The Hall–Kier alpha value is -1.95. The van der Waals surface area contributed by atoms with Crippen molar-refractivity contribution in [3.8, 4) is 0 Å². The summed E-state index contributed by atoms with van der Waals surface area (Å²) in [7, 11) is 2.14. The molecule has 0 aliphatic carbocycles. The van der Waals surface area contributed by atoms with Gasteiger partial charge in [0, 0.05) is 24.8 Å². The van der Waals surface area contributed by atoms with Gasteiger partial charge in [0.2, 0.25) is 5.95 Å². The van der Waals surface area contributed by atoms with Crippen molar-refractivity contribution in [3.63, 3.8) is 0 Å². The molecule has 1 aliphatic heterocycles. The molecule has 6 nitrogen and oxygen atoms in total. The number of hydrogen-bond donors (Lipinski definition) is 2. The topological polar surface area (TPSA) is 66.0 Å².